The fraction of sp³-hybridized carbons (Fsp3) is 0.108. The molecule has 2 N–H and O–H groups in total. The Labute approximate surface area is 371 Å². The van der Waals surface area contributed by atoms with Crippen LogP contribution < -0.4 is 0 Å². The first kappa shape index (κ1) is 54.9. The maximum Gasteiger partial charge on any atom is 0.342 e. The molecule has 0 saturated heterocycles. The van der Waals surface area contributed by atoms with Gasteiger partial charge >= 0.3 is 5.97 Å². The van der Waals surface area contributed by atoms with Crippen molar-refractivity contribution in [3.05, 3.63) is 155 Å². The average molecular weight is 980 g/mol. The molecule has 4 aromatic carbocycles. The Balaban J connectivity index is 0.000000419. The van der Waals surface area contributed by atoms with Crippen LogP contribution in [0.3, 0.4) is 0 Å². The number of carboxylic acid groups (broad SMARTS) is 1. The van der Waals surface area contributed by atoms with Gasteiger partial charge < -0.3 is 10.2 Å². The minimum absolute atomic E-state index is 0.00843. The molecule has 0 unspecified atom stereocenters. The molecule has 0 aliphatic rings. The van der Waals surface area contributed by atoms with Crippen molar-refractivity contribution in [2.24, 2.45) is 5.92 Å². The minimum Gasteiger partial charge on any atom is -0.506 e. The smallest absolute Gasteiger partial charge is 0.342 e. The number of nitro groups is 3. The Morgan fingerprint density at radius 3 is 1.38 bits per heavy atom. The number of nitro benzene ring substituents is 3. The highest BCUT2D eigenvalue weighted by atomic mass is 36.0. The third kappa shape index (κ3) is 17.0. The van der Waals surface area contributed by atoms with E-state index in [1.165, 1.54) is 31.2 Å². The summed E-state index contributed by atoms with van der Waals surface area (Å²) in [6.07, 6.45) is 0. The van der Waals surface area contributed by atoms with Crippen molar-refractivity contribution >= 4 is 105 Å². The fourth-order valence-electron chi connectivity index (χ4n) is 4.73. The van der Waals surface area contributed by atoms with Crippen LogP contribution in [0.25, 0.3) is 10.9 Å². The van der Waals surface area contributed by atoms with E-state index in [0.29, 0.717) is 23.0 Å². The number of carbonyl (C=O) groups excluding carboxylic acids is 5. The lowest BCUT2D eigenvalue weighted by Gasteiger charge is -2.09. The van der Waals surface area contributed by atoms with Gasteiger partial charge in [0.1, 0.15) is 63.3 Å². The number of halogens is 7. The highest BCUT2D eigenvalue weighted by Gasteiger charge is 2.33. The van der Waals surface area contributed by atoms with E-state index in [-0.39, 0.29) is 17.2 Å². The maximum atomic E-state index is 13.1. The van der Waals surface area contributed by atoms with E-state index in [1.54, 1.807) is 0 Å². The van der Waals surface area contributed by atoms with Crippen LogP contribution in [0.4, 0.5) is 34.6 Å². The van der Waals surface area contributed by atoms with Gasteiger partial charge in [-0.25, -0.2) is 31.5 Å². The molecule has 0 aliphatic carbocycles. The number of benzene rings is 4. The standard InChI is InChI=1S/C12H10FNO5.C11H8FNO2.C7H3ClFNO3.C7H4FNO4.Cl2OS/c1-6(15)11(7(2)16)12(17)9-5-8(13)3-4-10(9)14(18)19;1-6(14)11-10(15)5-7-4-8(12)2-3-9(7)13-11;8-7(11)5-3-4(9)1-2-6(5)10(12)13;8-4-1-2-6(9(12)13)5(3-4)7(10)11;1-4(2)3/h3-5,11H,1-2H3;2-5,15H,1H3;1-3H;1-3H,(H,10,11);. The number of rotatable bonds is 10. The molecular formula is C37H25Cl3F4N4O15S. The molecule has 0 atom stereocenters. The summed E-state index contributed by atoms with van der Waals surface area (Å²) in [5.74, 6) is -9.07. The topological polar surface area (TPSA) is 302 Å². The summed E-state index contributed by atoms with van der Waals surface area (Å²) in [5.41, 5.74) is -2.93. The van der Waals surface area contributed by atoms with Gasteiger partial charge in [-0.3, -0.25) is 54.3 Å². The largest absolute Gasteiger partial charge is 0.506 e. The second-order valence-corrected chi connectivity index (χ2v) is 14.7. The molecular weight excluding hydrogens is 955 g/mol. The van der Waals surface area contributed by atoms with E-state index < -0.39 is 115 Å². The van der Waals surface area contributed by atoms with Gasteiger partial charge in [0.2, 0.25) is 9.23 Å². The maximum absolute atomic E-state index is 13.1. The number of hydrogen-bond donors (Lipinski definition) is 2. The van der Waals surface area contributed by atoms with Crippen molar-refractivity contribution in [2.75, 3.05) is 0 Å². The van der Waals surface area contributed by atoms with E-state index in [0.717, 1.165) is 56.3 Å². The van der Waals surface area contributed by atoms with Crippen LogP contribution in [0, 0.1) is 59.5 Å². The number of aromatic hydroxyl groups is 1. The van der Waals surface area contributed by atoms with Gasteiger partial charge in [-0.05, 0) is 86.1 Å². The van der Waals surface area contributed by atoms with Crippen molar-refractivity contribution in [1.29, 1.82) is 0 Å². The van der Waals surface area contributed by atoms with Crippen LogP contribution in [-0.2, 0) is 18.8 Å². The highest BCUT2D eigenvalue weighted by molar-refractivity contribution is 8.26. The van der Waals surface area contributed by atoms with Gasteiger partial charge in [0.25, 0.3) is 22.3 Å². The molecule has 0 fully saturated rings. The molecule has 27 heteroatoms. The Morgan fingerprint density at radius 2 is 1.00 bits per heavy atom. The first-order valence-electron chi connectivity index (χ1n) is 16.5. The van der Waals surface area contributed by atoms with Gasteiger partial charge in [0, 0.05) is 51.9 Å². The molecule has 0 bridgehead atoms. The summed E-state index contributed by atoms with van der Waals surface area (Å²) in [6, 6.07) is 12.4. The number of carbonyl (C=O) groups is 6. The van der Waals surface area contributed by atoms with Gasteiger partial charge in [-0.15, -0.1) is 0 Å². The van der Waals surface area contributed by atoms with E-state index in [4.69, 9.17) is 20.9 Å². The van der Waals surface area contributed by atoms with Gasteiger partial charge in [0.15, 0.2) is 11.6 Å². The number of carboxylic acids is 1. The molecule has 0 aliphatic heterocycles. The van der Waals surface area contributed by atoms with Crippen LogP contribution in [0.1, 0.15) is 62.3 Å². The van der Waals surface area contributed by atoms with Crippen LogP contribution in [0.15, 0.2) is 78.9 Å². The summed E-state index contributed by atoms with van der Waals surface area (Å²) in [5, 5.41) is 48.7. The summed E-state index contributed by atoms with van der Waals surface area (Å²) in [7, 11) is 7.36. The fourth-order valence-corrected chi connectivity index (χ4v) is 4.89. The number of fused-ring (bicyclic) bond motifs is 1. The van der Waals surface area contributed by atoms with Crippen molar-refractivity contribution in [3.63, 3.8) is 0 Å². The lowest BCUT2D eigenvalue weighted by atomic mass is 9.90. The number of Topliss-reactive ketones (excluding diaryl/α,β-unsaturated/α-hetero) is 4. The summed E-state index contributed by atoms with van der Waals surface area (Å²) in [6.45, 7) is 3.36. The van der Waals surface area contributed by atoms with E-state index in [1.807, 2.05) is 0 Å². The first-order chi connectivity index (χ1) is 29.6. The van der Waals surface area contributed by atoms with Crippen LogP contribution >= 0.6 is 33.0 Å². The highest BCUT2D eigenvalue weighted by Crippen LogP contribution is 2.25. The second-order valence-electron chi connectivity index (χ2n) is 11.8. The Morgan fingerprint density at radius 1 is 0.641 bits per heavy atom. The van der Waals surface area contributed by atoms with E-state index in [9.17, 15) is 81.8 Å². The van der Waals surface area contributed by atoms with Crippen molar-refractivity contribution < 1.29 is 75.5 Å². The number of pyridine rings is 1. The predicted octanol–water partition coefficient (Wildman–Crippen LogP) is 8.58. The second kappa shape index (κ2) is 25.1. The molecule has 0 saturated carbocycles. The molecule has 5 rings (SSSR count). The number of hydrogen-bond acceptors (Lipinski definition) is 15. The monoisotopic (exact) mass is 978 g/mol. The molecule has 19 nitrogen and oxygen atoms in total. The molecule has 0 amide bonds. The number of aromatic carboxylic acids is 1. The zero-order valence-electron chi connectivity index (χ0n) is 32.1. The Bertz CT molecular complexity index is 2620. The Hall–Kier alpha value is -7.15. The van der Waals surface area contributed by atoms with Gasteiger partial charge in [0.05, 0.1) is 25.9 Å². The van der Waals surface area contributed by atoms with Gasteiger partial charge in [-0.2, -0.15) is 0 Å². The molecule has 1 aromatic heterocycles. The number of aromatic nitrogens is 1. The minimum atomic E-state index is -1.67. The van der Waals surface area contributed by atoms with Crippen molar-refractivity contribution in [1.82, 2.24) is 4.98 Å². The van der Waals surface area contributed by atoms with E-state index >= 15 is 0 Å². The number of nitrogens with zero attached hydrogens (tertiary/aromatic N) is 4. The summed E-state index contributed by atoms with van der Waals surface area (Å²) in [4.78, 5) is 99.4. The molecule has 0 radical (unpaired) electrons. The van der Waals surface area contributed by atoms with Crippen molar-refractivity contribution in [3.8, 4) is 5.75 Å². The molecule has 5 aromatic rings. The SMILES string of the molecule is CC(=O)C(C(C)=O)C(=O)c1cc(F)ccc1[N+](=O)[O-].CC(=O)c1nc2ccc(F)cc2cc1O.O=C(Cl)c1cc(F)ccc1[N+](=O)[O-].O=C(O)c1cc(F)ccc1[N+](=O)[O-].O=S(Cl)Cl. The third-order valence-electron chi connectivity index (χ3n) is 7.34. The first-order valence-corrected chi connectivity index (χ1v) is 19.6. The quantitative estimate of drug-likeness (QED) is 0.0330. The van der Waals surface area contributed by atoms with Crippen LogP contribution in [0.5, 0.6) is 5.75 Å². The molecule has 338 valence electrons. The average Bonchev–Trinajstić information content (AvgIpc) is 3.17. The van der Waals surface area contributed by atoms with Crippen molar-refractivity contribution in [2.45, 2.75) is 20.8 Å². The van der Waals surface area contributed by atoms with Gasteiger partial charge in [-0.1, -0.05) is 0 Å². The summed E-state index contributed by atoms with van der Waals surface area (Å²) < 4.78 is 60.1. The molecule has 1 heterocycles. The lowest BCUT2D eigenvalue weighted by molar-refractivity contribution is -0.385. The van der Waals surface area contributed by atoms with E-state index in [2.05, 4.69) is 26.3 Å². The molecule has 0 spiro atoms. The summed E-state index contributed by atoms with van der Waals surface area (Å²) >= 11 is 5.01. The lowest BCUT2D eigenvalue weighted by Crippen LogP contribution is -2.29. The zero-order valence-corrected chi connectivity index (χ0v) is 35.2. The third-order valence-corrected chi connectivity index (χ3v) is 7.54. The number of ketones is 4. The van der Waals surface area contributed by atoms with Crippen LogP contribution in [-0.4, -0.2) is 68.5 Å². The predicted molar refractivity (Wildman–Crippen MR) is 219 cm³/mol. The zero-order chi connectivity index (χ0) is 49.3. The van der Waals surface area contributed by atoms with Crippen LogP contribution in [0.2, 0.25) is 0 Å². The Kier molecular flexibility index (Phi) is 21.5. The normalized spacial score (nSPS) is 10.0. The molecule has 64 heavy (non-hydrogen) atoms.